The van der Waals surface area contributed by atoms with Gasteiger partial charge in [-0.3, -0.25) is 0 Å². The van der Waals surface area contributed by atoms with Gasteiger partial charge in [0.05, 0.1) is 19.8 Å². The standard InChI is InChI=1S/C9H21NO3/c10-4-8-12-6-2-1-3-7-13-9-5-11/h11H,1-10H2. The fraction of sp³-hybridized carbons (Fsp3) is 1.00. The molecule has 80 valence electrons. The second-order valence-corrected chi connectivity index (χ2v) is 2.80. The van der Waals surface area contributed by atoms with Crippen LogP contribution in [0.4, 0.5) is 0 Å². The summed E-state index contributed by atoms with van der Waals surface area (Å²) < 4.78 is 10.3. The number of nitrogens with two attached hydrogens (primary N) is 1. The van der Waals surface area contributed by atoms with Gasteiger partial charge in [0.15, 0.2) is 0 Å². The number of rotatable bonds is 10. The largest absolute Gasteiger partial charge is 0.394 e. The lowest BCUT2D eigenvalue weighted by atomic mass is 10.2. The van der Waals surface area contributed by atoms with E-state index in [0.29, 0.717) is 19.8 Å². The molecule has 0 spiro atoms. The molecular weight excluding hydrogens is 170 g/mol. The minimum atomic E-state index is 0.111. The molecule has 0 rings (SSSR count). The summed E-state index contributed by atoms with van der Waals surface area (Å²) in [6.07, 6.45) is 3.20. The molecule has 0 aliphatic carbocycles. The summed E-state index contributed by atoms with van der Waals surface area (Å²) in [6.45, 7) is 3.33. The van der Waals surface area contributed by atoms with Crippen LogP contribution < -0.4 is 5.73 Å². The Morgan fingerprint density at radius 1 is 0.846 bits per heavy atom. The maximum Gasteiger partial charge on any atom is 0.0697 e. The van der Waals surface area contributed by atoms with E-state index in [1.54, 1.807) is 0 Å². The van der Waals surface area contributed by atoms with E-state index in [-0.39, 0.29) is 6.61 Å². The van der Waals surface area contributed by atoms with Gasteiger partial charge >= 0.3 is 0 Å². The molecule has 0 fully saturated rings. The highest BCUT2D eigenvalue weighted by molar-refractivity contribution is 4.41. The Hall–Kier alpha value is -0.160. The van der Waals surface area contributed by atoms with Crippen molar-refractivity contribution in [1.29, 1.82) is 0 Å². The number of hydrogen-bond acceptors (Lipinski definition) is 4. The van der Waals surface area contributed by atoms with Crippen LogP contribution in [0, 0.1) is 0 Å². The molecule has 0 aromatic heterocycles. The zero-order valence-corrected chi connectivity index (χ0v) is 8.21. The van der Waals surface area contributed by atoms with Crippen LogP contribution in [-0.4, -0.2) is 44.7 Å². The molecular formula is C9H21NO3. The molecule has 0 amide bonds. The summed E-state index contributed by atoms with van der Waals surface area (Å²) in [6, 6.07) is 0. The number of aliphatic hydroxyl groups is 1. The lowest BCUT2D eigenvalue weighted by Gasteiger charge is -2.03. The van der Waals surface area contributed by atoms with Gasteiger partial charge in [0.1, 0.15) is 0 Å². The first kappa shape index (κ1) is 12.8. The summed E-state index contributed by atoms with van der Waals surface area (Å²) in [5.41, 5.74) is 5.26. The van der Waals surface area contributed by atoms with Crippen LogP contribution in [0.2, 0.25) is 0 Å². The zero-order valence-electron chi connectivity index (χ0n) is 8.21. The van der Waals surface area contributed by atoms with Crippen molar-refractivity contribution < 1.29 is 14.6 Å². The quantitative estimate of drug-likeness (QED) is 0.482. The van der Waals surface area contributed by atoms with Crippen molar-refractivity contribution in [3.05, 3.63) is 0 Å². The van der Waals surface area contributed by atoms with Crippen LogP contribution in [0.1, 0.15) is 19.3 Å². The first-order valence-corrected chi connectivity index (χ1v) is 4.88. The van der Waals surface area contributed by atoms with Crippen LogP contribution in [0.5, 0.6) is 0 Å². The van der Waals surface area contributed by atoms with Gasteiger partial charge < -0.3 is 20.3 Å². The summed E-state index contributed by atoms with van der Waals surface area (Å²) in [4.78, 5) is 0. The molecule has 0 unspecified atom stereocenters. The van der Waals surface area contributed by atoms with Crippen molar-refractivity contribution in [2.24, 2.45) is 5.73 Å². The average molecular weight is 191 g/mol. The number of aliphatic hydroxyl groups excluding tert-OH is 1. The first-order valence-electron chi connectivity index (χ1n) is 4.88. The summed E-state index contributed by atoms with van der Waals surface area (Å²) >= 11 is 0. The van der Waals surface area contributed by atoms with Crippen molar-refractivity contribution in [3.8, 4) is 0 Å². The molecule has 0 heterocycles. The maximum atomic E-state index is 8.41. The van der Waals surface area contributed by atoms with Gasteiger partial charge in [0.25, 0.3) is 0 Å². The third-order valence-corrected chi connectivity index (χ3v) is 1.58. The minimum absolute atomic E-state index is 0.111. The molecule has 0 aromatic carbocycles. The van der Waals surface area contributed by atoms with Crippen molar-refractivity contribution in [2.45, 2.75) is 19.3 Å². The normalized spacial score (nSPS) is 10.6. The highest BCUT2D eigenvalue weighted by Crippen LogP contribution is 1.96. The van der Waals surface area contributed by atoms with Crippen LogP contribution in [0.3, 0.4) is 0 Å². The van der Waals surface area contributed by atoms with Crippen LogP contribution >= 0.6 is 0 Å². The highest BCUT2D eigenvalue weighted by atomic mass is 16.5. The van der Waals surface area contributed by atoms with E-state index in [1.165, 1.54) is 0 Å². The lowest BCUT2D eigenvalue weighted by Crippen LogP contribution is -2.09. The molecule has 13 heavy (non-hydrogen) atoms. The van der Waals surface area contributed by atoms with E-state index < -0.39 is 0 Å². The van der Waals surface area contributed by atoms with Gasteiger partial charge in [-0.05, 0) is 19.3 Å². The maximum absolute atomic E-state index is 8.41. The molecule has 3 N–H and O–H groups in total. The second-order valence-electron chi connectivity index (χ2n) is 2.80. The third kappa shape index (κ3) is 11.8. The Morgan fingerprint density at radius 3 is 2.00 bits per heavy atom. The van der Waals surface area contributed by atoms with E-state index in [0.717, 1.165) is 32.5 Å². The molecule has 0 atom stereocenters. The van der Waals surface area contributed by atoms with E-state index in [2.05, 4.69) is 0 Å². The van der Waals surface area contributed by atoms with Crippen molar-refractivity contribution in [1.82, 2.24) is 0 Å². The topological polar surface area (TPSA) is 64.7 Å². The van der Waals surface area contributed by atoms with E-state index in [4.69, 9.17) is 20.3 Å². The Labute approximate surface area is 80.0 Å². The monoisotopic (exact) mass is 191 g/mol. The van der Waals surface area contributed by atoms with Gasteiger partial charge in [0.2, 0.25) is 0 Å². The first-order chi connectivity index (χ1) is 6.41. The van der Waals surface area contributed by atoms with Crippen molar-refractivity contribution >= 4 is 0 Å². The van der Waals surface area contributed by atoms with Crippen LogP contribution in [-0.2, 0) is 9.47 Å². The predicted molar refractivity (Wildman–Crippen MR) is 51.6 cm³/mol. The molecule has 4 heteroatoms. The summed E-state index contributed by atoms with van der Waals surface area (Å²) in [5, 5.41) is 8.41. The van der Waals surface area contributed by atoms with Crippen molar-refractivity contribution in [3.63, 3.8) is 0 Å². The molecule has 0 aliphatic rings. The number of hydrogen-bond donors (Lipinski definition) is 2. The summed E-state index contributed by atoms with van der Waals surface area (Å²) in [5.74, 6) is 0. The van der Waals surface area contributed by atoms with E-state index >= 15 is 0 Å². The van der Waals surface area contributed by atoms with E-state index in [1.807, 2.05) is 0 Å². The van der Waals surface area contributed by atoms with Gasteiger partial charge in [-0.25, -0.2) is 0 Å². The highest BCUT2D eigenvalue weighted by Gasteiger charge is 1.90. The molecule has 0 saturated carbocycles. The zero-order chi connectivity index (χ0) is 9.78. The third-order valence-electron chi connectivity index (χ3n) is 1.58. The molecule has 0 saturated heterocycles. The van der Waals surface area contributed by atoms with Gasteiger partial charge in [-0.1, -0.05) is 0 Å². The summed E-state index contributed by atoms with van der Waals surface area (Å²) in [7, 11) is 0. The fourth-order valence-electron chi connectivity index (χ4n) is 0.937. The molecule has 0 aromatic rings. The molecule has 0 radical (unpaired) electrons. The van der Waals surface area contributed by atoms with Gasteiger partial charge in [-0.2, -0.15) is 0 Å². The average Bonchev–Trinajstić information content (AvgIpc) is 2.16. The Balaban J connectivity index is 2.76. The smallest absolute Gasteiger partial charge is 0.0697 e. The lowest BCUT2D eigenvalue weighted by molar-refractivity contribution is 0.0865. The minimum Gasteiger partial charge on any atom is -0.394 e. The Kier molecular flexibility index (Phi) is 11.7. The number of unbranched alkanes of at least 4 members (excludes halogenated alkanes) is 2. The second kappa shape index (κ2) is 11.8. The van der Waals surface area contributed by atoms with Gasteiger partial charge in [0, 0.05) is 19.8 Å². The SMILES string of the molecule is NCCOCCCCCOCCO. The molecule has 0 bridgehead atoms. The van der Waals surface area contributed by atoms with Crippen LogP contribution in [0.15, 0.2) is 0 Å². The van der Waals surface area contributed by atoms with Crippen molar-refractivity contribution in [2.75, 3.05) is 39.6 Å². The van der Waals surface area contributed by atoms with Gasteiger partial charge in [-0.15, -0.1) is 0 Å². The predicted octanol–water partition coefficient (Wildman–Crippen LogP) is 0.141. The fourth-order valence-corrected chi connectivity index (χ4v) is 0.937. The van der Waals surface area contributed by atoms with Crippen LogP contribution in [0.25, 0.3) is 0 Å². The Morgan fingerprint density at radius 2 is 1.46 bits per heavy atom. The molecule has 0 aliphatic heterocycles. The van der Waals surface area contributed by atoms with E-state index in [9.17, 15) is 0 Å². The Bertz CT molecular complexity index is 80.9. The molecule has 4 nitrogen and oxygen atoms in total. The number of ether oxygens (including phenoxy) is 2.